The van der Waals surface area contributed by atoms with Crippen molar-refractivity contribution in [3.63, 3.8) is 0 Å². The fourth-order valence-electron chi connectivity index (χ4n) is 3.51. The van der Waals surface area contributed by atoms with Crippen LogP contribution >= 0.6 is 0 Å². The molecule has 5 nitrogen and oxygen atoms in total. The number of nitrogens with zero attached hydrogens (tertiary/aromatic N) is 1. The van der Waals surface area contributed by atoms with E-state index in [1.165, 1.54) is 20.8 Å². The van der Waals surface area contributed by atoms with Crippen LogP contribution in [0.5, 0.6) is 0 Å². The van der Waals surface area contributed by atoms with Crippen LogP contribution in [-0.4, -0.2) is 27.7 Å². The molecule has 1 heterocycles. The third-order valence-corrected chi connectivity index (χ3v) is 4.64. The fourth-order valence-corrected chi connectivity index (χ4v) is 3.51. The van der Waals surface area contributed by atoms with E-state index in [0.29, 0.717) is 17.7 Å². The molecule has 0 saturated heterocycles. The Kier molecular flexibility index (Phi) is 4.64. The summed E-state index contributed by atoms with van der Waals surface area (Å²) >= 11 is 0. The van der Waals surface area contributed by atoms with E-state index in [2.05, 4.69) is 4.57 Å². The van der Waals surface area contributed by atoms with Gasteiger partial charge in [0.25, 0.3) is 0 Å². The summed E-state index contributed by atoms with van der Waals surface area (Å²) in [6, 6.07) is 11.1. The Labute approximate surface area is 157 Å². The van der Waals surface area contributed by atoms with E-state index in [4.69, 9.17) is 4.74 Å². The van der Waals surface area contributed by atoms with Gasteiger partial charge in [-0.2, -0.15) is 0 Å². The molecule has 27 heavy (non-hydrogen) atoms. The largest absolute Gasteiger partial charge is 0.458 e. The first-order chi connectivity index (χ1) is 12.6. The number of Topliss-reactive ketones (excluding diaryl/α,β-unsaturated/α-hetero) is 2. The number of aromatic nitrogens is 1. The molecule has 2 aromatic carbocycles. The van der Waals surface area contributed by atoms with E-state index >= 15 is 0 Å². The zero-order chi connectivity index (χ0) is 19.9. The van der Waals surface area contributed by atoms with Crippen LogP contribution in [-0.2, 0) is 16.1 Å². The number of benzene rings is 2. The number of fused-ring (bicyclic) bond motifs is 3. The van der Waals surface area contributed by atoms with Gasteiger partial charge in [0.1, 0.15) is 5.60 Å². The Balaban J connectivity index is 2.29. The topological polar surface area (TPSA) is 65.4 Å². The molecule has 140 valence electrons. The molecule has 0 spiro atoms. The second-order valence-electron chi connectivity index (χ2n) is 7.52. The third kappa shape index (κ3) is 3.63. The maximum Gasteiger partial charge on any atom is 0.303 e. The molecule has 0 aliphatic rings. The highest BCUT2D eigenvalue weighted by atomic mass is 16.6. The molecule has 1 aromatic heterocycles. The summed E-state index contributed by atoms with van der Waals surface area (Å²) in [5, 5.41) is 1.80. The number of carbonyl (C=O) groups excluding carboxylic acids is 3. The molecule has 3 rings (SSSR count). The van der Waals surface area contributed by atoms with Gasteiger partial charge in [-0.25, -0.2) is 0 Å². The normalized spacial score (nSPS) is 11.7. The summed E-state index contributed by atoms with van der Waals surface area (Å²) < 4.78 is 7.54. The van der Waals surface area contributed by atoms with Gasteiger partial charge in [-0.3, -0.25) is 14.4 Å². The maximum atomic E-state index is 11.8. The minimum atomic E-state index is -0.705. The van der Waals surface area contributed by atoms with Crippen LogP contribution in [0.1, 0.15) is 55.3 Å². The Bertz CT molecular complexity index is 1020. The standard InChI is InChI=1S/C22H23NO4/c1-13(24)16-6-8-20-18(10-16)19-11-17(14(2)25)7-9-21(19)23(20)12-22(4,5)27-15(3)26/h6-11H,12H2,1-5H3. The highest BCUT2D eigenvalue weighted by Gasteiger charge is 2.25. The van der Waals surface area contributed by atoms with E-state index in [0.717, 1.165) is 21.8 Å². The number of ether oxygens (including phenoxy) is 1. The molecular weight excluding hydrogens is 342 g/mol. The van der Waals surface area contributed by atoms with Crippen molar-refractivity contribution in [1.82, 2.24) is 4.57 Å². The molecule has 0 saturated carbocycles. The van der Waals surface area contributed by atoms with Crippen LogP contribution in [0, 0.1) is 0 Å². The van der Waals surface area contributed by atoms with Crippen molar-refractivity contribution in [2.24, 2.45) is 0 Å². The van der Waals surface area contributed by atoms with Gasteiger partial charge in [0.05, 0.1) is 6.54 Å². The minimum Gasteiger partial charge on any atom is -0.458 e. The summed E-state index contributed by atoms with van der Waals surface area (Å²) in [5.74, 6) is -0.361. The summed E-state index contributed by atoms with van der Waals surface area (Å²) in [4.78, 5) is 35.1. The summed E-state index contributed by atoms with van der Waals surface area (Å²) in [6.45, 7) is 8.63. The first-order valence-corrected chi connectivity index (χ1v) is 8.86. The Morgan fingerprint density at radius 2 is 1.30 bits per heavy atom. The molecule has 3 aromatic rings. The van der Waals surface area contributed by atoms with Gasteiger partial charge in [0.15, 0.2) is 11.6 Å². The van der Waals surface area contributed by atoms with E-state index in [1.807, 2.05) is 38.1 Å². The molecule has 0 fully saturated rings. The summed E-state index contributed by atoms with van der Waals surface area (Å²) in [6.07, 6.45) is 0. The number of hydrogen-bond acceptors (Lipinski definition) is 4. The van der Waals surface area contributed by atoms with Crippen LogP contribution in [0.2, 0.25) is 0 Å². The highest BCUT2D eigenvalue weighted by molar-refractivity contribution is 6.12. The molecule has 0 atom stereocenters. The number of rotatable bonds is 5. The number of esters is 1. The Morgan fingerprint density at radius 3 is 1.67 bits per heavy atom. The van der Waals surface area contributed by atoms with E-state index in [1.54, 1.807) is 12.1 Å². The lowest BCUT2D eigenvalue weighted by molar-refractivity contribution is -0.154. The molecule has 0 bridgehead atoms. The van der Waals surface area contributed by atoms with Crippen molar-refractivity contribution >= 4 is 39.3 Å². The van der Waals surface area contributed by atoms with Gasteiger partial charge in [0.2, 0.25) is 0 Å². The summed E-state index contributed by atoms with van der Waals surface area (Å²) in [5.41, 5.74) is 2.39. The van der Waals surface area contributed by atoms with E-state index < -0.39 is 5.60 Å². The van der Waals surface area contributed by atoms with Crippen molar-refractivity contribution in [2.45, 2.75) is 46.8 Å². The average molecular weight is 365 g/mol. The maximum absolute atomic E-state index is 11.8. The average Bonchev–Trinajstić information content (AvgIpc) is 2.86. The van der Waals surface area contributed by atoms with Gasteiger partial charge in [0, 0.05) is 39.9 Å². The molecule has 0 unspecified atom stereocenters. The molecular formula is C22H23NO4. The van der Waals surface area contributed by atoms with Crippen LogP contribution in [0.4, 0.5) is 0 Å². The first-order valence-electron chi connectivity index (χ1n) is 8.86. The smallest absolute Gasteiger partial charge is 0.303 e. The molecule has 0 aliphatic carbocycles. The lowest BCUT2D eigenvalue weighted by Gasteiger charge is -2.26. The lowest BCUT2D eigenvalue weighted by Crippen LogP contribution is -2.32. The van der Waals surface area contributed by atoms with Crippen LogP contribution < -0.4 is 0 Å². The van der Waals surface area contributed by atoms with Crippen molar-refractivity contribution in [3.05, 3.63) is 47.5 Å². The third-order valence-electron chi connectivity index (χ3n) is 4.64. The Hall–Kier alpha value is -2.95. The highest BCUT2D eigenvalue weighted by Crippen LogP contribution is 2.32. The van der Waals surface area contributed by atoms with Crippen LogP contribution in [0.25, 0.3) is 21.8 Å². The van der Waals surface area contributed by atoms with Crippen LogP contribution in [0.3, 0.4) is 0 Å². The van der Waals surface area contributed by atoms with E-state index in [9.17, 15) is 14.4 Å². The monoisotopic (exact) mass is 365 g/mol. The van der Waals surface area contributed by atoms with Crippen molar-refractivity contribution < 1.29 is 19.1 Å². The number of ketones is 2. The zero-order valence-electron chi connectivity index (χ0n) is 16.3. The summed E-state index contributed by atoms with van der Waals surface area (Å²) in [7, 11) is 0. The van der Waals surface area contributed by atoms with Gasteiger partial charge in [-0.05, 0) is 64.1 Å². The second kappa shape index (κ2) is 6.65. The molecule has 0 radical (unpaired) electrons. The van der Waals surface area contributed by atoms with Crippen molar-refractivity contribution in [3.8, 4) is 0 Å². The van der Waals surface area contributed by atoms with Gasteiger partial charge in [-0.1, -0.05) is 0 Å². The van der Waals surface area contributed by atoms with Gasteiger partial charge in [-0.15, -0.1) is 0 Å². The van der Waals surface area contributed by atoms with Gasteiger partial charge >= 0.3 is 5.97 Å². The number of hydrogen-bond donors (Lipinski definition) is 0. The Morgan fingerprint density at radius 1 is 0.852 bits per heavy atom. The molecule has 0 aliphatic heterocycles. The van der Waals surface area contributed by atoms with E-state index in [-0.39, 0.29) is 17.5 Å². The molecule has 0 amide bonds. The number of carbonyl (C=O) groups is 3. The zero-order valence-corrected chi connectivity index (χ0v) is 16.3. The predicted molar refractivity (Wildman–Crippen MR) is 105 cm³/mol. The SMILES string of the molecule is CC(=O)OC(C)(C)Cn1c2ccc(C(C)=O)cc2c2cc(C(C)=O)ccc21. The molecule has 5 heteroatoms. The van der Waals surface area contributed by atoms with Crippen molar-refractivity contribution in [2.75, 3.05) is 0 Å². The fraction of sp³-hybridized carbons (Fsp3) is 0.318. The van der Waals surface area contributed by atoms with Crippen LogP contribution in [0.15, 0.2) is 36.4 Å². The molecule has 0 N–H and O–H groups in total. The minimum absolute atomic E-state index is 0.0132. The lowest BCUT2D eigenvalue weighted by atomic mass is 10.0. The first kappa shape index (κ1) is 18.8. The van der Waals surface area contributed by atoms with Crippen molar-refractivity contribution in [1.29, 1.82) is 0 Å². The quantitative estimate of drug-likeness (QED) is 0.492. The van der Waals surface area contributed by atoms with Gasteiger partial charge < -0.3 is 9.30 Å². The predicted octanol–water partition coefficient (Wildman–Crippen LogP) is 4.54. The second-order valence-corrected chi connectivity index (χ2v) is 7.52.